The summed E-state index contributed by atoms with van der Waals surface area (Å²) >= 11 is 0. The molecule has 2 heterocycles. The summed E-state index contributed by atoms with van der Waals surface area (Å²) in [5.74, 6) is 0.384. The molecule has 8 nitrogen and oxygen atoms in total. The average Bonchev–Trinajstić information content (AvgIpc) is 3.12. The normalized spacial score (nSPS) is 17.3. The molecule has 31 heavy (non-hydrogen) atoms. The Labute approximate surface area is 189 Å². The van der Waals surface area contributed by atoms with Gasteiger partial charge in [0.2, 0.25) is 11.8 Å². The van der Waals surface area contributed by atoms with Gasteiger partial charge in [0.1, 0.15) is 0 Å². The molecule has 1 saturated heterocycles. The number of aromatic nitrogens is 2. The Kier molecular flexibility index (Phi) is 8.47. The molecule has 0 unspecified atom stereocenters. The summed E-state index contributed by atoms with van der Waals surface area (Å²) in [6.07, 6.45) is 0.284. The van der Waals surface area contributed by atoms with E-state index < -0.39 is 12.1 Å². The van der Waals surface area contributed by atoms with Gasteiger partial charge in [0, 0.05) is 25.7 Å². The molecule has 170 valence electrons. The van der Waals surface area contributed by atoms with Crippen molar-refractivity contribution in [1.29, 1.82) is 0 Å². The minimum absolute atomic E-state index is 0. The van der Waals surface area contributed by atoms with E-state index in [-0.39, 0.29) is 30.3 Å². The first-order chi connectivity index (χ1) is 14.3. The van der Waals surface area contributed by atoms with Crippen LogP contribution in [0.15, 0.2) is 36.4 Å². The number of ether oxygens (including phenoxy) is 1. The highest BCUT2D eigenvalue weighted by molar-refractivity contribution is 5.85. The third kappa shape index (κ3) is 5.57. The molecule has 1 aromatic heterocycles. The van der Waals surface area contributed by atoms with Crippen molar-refractivity contribution in [2.24, 2.45) is 11.7 Å². The van der Waals surface area contributed by atoms with Crippen LogP contribution in [0.2, 0.25) is 0 Å². The number of benzene rings is 1. The van der Waals surface area contributed by atoms with Crippen molar-refractivity contribution in [3.05, 3.63) is 42.1 Å². The SMILES string of the molecule is CC[C@@H]1CN(C(=O)[C@@H](N)C(C)C)CCN1C(=O)Oc1cc(C)nn1-c1ccccc1.Cl. The van der Waals surface area contributed by atoms with Gasteiger partial charge in [-0.2, -0.15) is 5.10 Å². The molecule has 1 fully saturated rings. The maximum atomic E-state index is 13.0. The van der Waals surface area contributed by atoms with Crippen LogP contribution >= 0.6 is 12.4 Å². The highest BCUT2D eigenvalue weighted by atomic mass is 35.5. The van der Waals surface area contributed by atoms with Crippen molar-refractivity contribution in [1.82, 2.24) is 19.6 Å². The van der Waals surface area contributed by atoms with Crippen molar-refractivity contribution < 1.29 is 14.3 Å². The summed E-state index contributed by atoms with van der Waals surface area (Å²) in [5, 5.41) is 4.44. The van der Waals surface area contributed by atoms with Gasteiger partial charge in [-0.3, -0.25) is 4.79 Å². The van der Waals surface area contributed by atoms with Crippen molar-refractivity contribution in [3.63, 3.8) is 0 Å². The number of para-hydroxylation sites is 1. The predicted octanol–water partition coefficient (Wildman–Crippen LogP) is 3.01. The molecule has 0 radical (unpaired) electrons. The van der Waals surface area contributed by atoms with E-state index in [0.29, 0.717) is 31.9 Å². The molecule has 0 saturated carbocycles. The lowest BCUT2D eigenvalue weighted by molar-refractivity contribution is -0.136. The van der Waals surface area contributed by atoms with Crippen LogP contribution in [0, 0.1) is 12.8 Å². The summed E-state index contributed by atoms with van der Waals surface area (Å²) in [5.41, 5.74) is 7.62. The van der Waals surface area contributed by atoms with Crippen molar-refractivity contribution in [3.8, 4) is 11.6 Å². The molecule has 1 aromatic carbocycles. The van der Waals surface area contributed by atoms with E-state index >= 15 is 0 Å². The Bertz CT molecular complexity index is 887. The maximum Gasteiger partial charge on any atom is 0.416 e. The van der Waals surface area contributed by atoms with Gasteiger partial charge in [-0.25, -0.2) is 9.48 Å². The maximum absolute atomic E-state index is 13.0. The van der Waals surface area contributed by atoms with Crippen LogP contribution < -0.4 is 10.5 Å². The van der Waals surface area contributed by atoms with E-state index in [1.165, 1.54) is 0 Å². The van der Waals surface area contributed by atoms with Gasteiger partial charge >= 0.3 is 6.09 Å². The molecule has 0 aliphatic carbocycles. The van der Waals surface area contributed by atoms with Crippen LogP contribution in [0.1, 0.15) is 32.9 Å². The number of piperazine rings is 1. The zero-order chi connectivity index (χ0) is 21.8. The molecule has 0 spiro atoms. The Hall–Kier alpha value is -2.58. The summed E-state index contributed by atoms with van der Waals surface area (Å²) in [6, 6.07) is 10.6. The van der Waals surface area contributed by atoms with Crippen LogP contribution in [0.5, 0.6) is 5.88 Å². The molecule has 3 rings (SSSR count). The van der Waals surface area contributed by atoms with Gasteiger partial charge in [0.05, 0.1) is 23.5 Å². The zero-order valence-electron chi connectivity index (χ0n) is 18.5. The van der Waals surface area contributed by atoms with E-state index in [1.807, 2.05) is 58.0 Å². The number of nitrogens with two attached hydrogens (primary N) is 1. The molecule has 9 heteroatoms. The summed E-state index contributed by atoms with van der Waals surface area (Å²) < 4.78 is 7.35. The number of hydrogen-bond donors (Lipinski definition) is 1. The Morgan fingerprint density at radius 3 is 2.52 bits per heavy atom. The Morgan fingerprint density at radius 1 is 1.23 bits per heavy atom. The minimum Gasteiger partial charge on any atom is -0.391 e. The molecule has 1 aliphatic heterocycles. The topological polar surface area (TPSA) is 93.7 Å². The predicted molar refractivity (Wildman–Crippen MR) is 122 cm³/mol. The number of nitrogens with zero attached hydrogens (tertiary/aromatic N) is 4. The van der Waals surface area contributed by atoms with Crippen molar-refractivity contribution in [2.45, 2.75) is 46.2 Å². The van der Waals surface area contributed by atoms with Gasteiger partial charge in [-0.05, 0) is 31.4 Å². The zero-order valence-corrected chi connectivity index (χ0v) is 19.3. The molecular weight excluding hydrogens is 418 g/mol. The van der Waals surface area contributed by atoms with Crippen molar-refractivity contribution >= 4 is 24.4 Å². The molecule has 0 bridgehead atoms. The van der Waals surface area contributed by atoms with Gasteiger partial charge in [-0.15, -0.1) is 12.4 Å². The fourth-order valence-corrected chi connectivity index (χ4v) is 3.59. The fraction of sp³-hybridized carbons (Fsp3) is 0.500. The fourth-order valence-electron chi connectivity index (χ4n) is 3.59. The largest absolute Gasteiger partial charge is 0.416 e. The van der Waals surface area contributed by atoms with E-state index in [2.05, 4.69) is 5.10 Å². The second-order valence-corrected chi connectivity index (χ2v) is 8.05. The van der Waals surface area contributed by atoms with Crippen LogP contribution in [-0.4, -0.2) is 63.3 Å². The highest BCUT2D eigenvalue weighted by Crippen LogP contribution is 2.22. The quantitative estimate of drug-likeness (QED) is 0.757. The first-order valence-corrected chi connectivity index (χ1v) is 10.5. The smallest absolute Gasteiger partial charge is 0.391 e. The number of halogens is 1. The van der Waals surface area contributed by atoms with Crippen LogP contribution in [0.25, 0.3) is 5.69 Å². The monoisotopic (exact) mass is 449 g/mol. The lowest BCUT2D eigenvalue weighted by atomic mass is 10.0. The summed E-state index contributed by atoms with van der Waals surface area (Å²) in [6.45, 7) is 9.04. The first kappa shape index (κ1) is 24.7. The van der Waals surface area contributed by atoms with E-state index in [0.717, 1.165) is 11.4 Å². The number of hydrogen-bond acceptors (Lipinski definition) is 5. The van der Waals surface area contributed by atoms with Crippen LogP contribution in [0.4, 0.5) is 4.79 Å². The molecule has 2 amide bonds. The van der Waals surface area contributed by atoms with Gasteiger partial charge in [0.25, 0.3) is 0 Å². The second kappa shape index (κ2) is 10.6. The molecule has 2 atom stereocenters. The van der Waals surface area contributed by atoms with Gasteiger partial charge < -0.3 is 20.3 Å². The van der Waals surface area contributed by atoms with Gasteiger partial charge in [-0.1, -0.05) is 39.0 Å². The summed E-state index contributed by atoms with van der Waals surface area (Å²) in [7, 11) is 0. The standard InChI is InChI=1S/C22H31N5O3.ClH/c1-5-17-14-25(21(28)20(23)15(2)3)11-12-26(17)22(29)30-19-13-16(4)24-27(19)18-9-7-6-8-10-18;/h6-10,13,15,17,20H,5,11-12,14,23H2,1-4H3;1H/t17-,20+;/m1./s1. The lowest BCUT2D eigenvalue weighted by Gasteiger charge is -2.41. The highest BCUT2D eigenvalue weighted by Gasteiger charge is 2.35. The first-order valence-electron chi connectivity index (χ1n) is 10.5. The number of carbonyl (C=O) groups is 2. The van der Waals surface area contributed by atoms with Crippen molar-refractivity contribution in [2.75, 3.05) is 19.6 Å². The Balaban J connectivity index is 0.00000341. The second-order valence-electron chi connectivity index (χ2n) is 8.05. The number of aryl methyl sites for hydroxylation is 1. The summed E-state index contributed by atoms with van der Waals surface area (Å²) in [4.78, 5) is 29.1. The van der Waals surface area contributed by atoms with Crippen LogP contribution in [0.3, 0.4) is 0 Å². The molecular formula is C22H32ClN5O3. The molecule has 1 aliphatic rings. The van der Waals surface area contributed by atoms with E-state index in [1.54, 1.807) is 20.5 Å². The number of carbonyl (C=O) groups excluding carboxylic acids is 2. The Morgan fingerprint density at radius 2 is 1.90 bits per heavy atom. The third-order valence-electron chi connectivity index (χ3n) is 5.50. The average molecular weight is 450 g/mol. The minimum atomic E-state index is -0.524. The lowest BCUT2D eigenvalue weighted by Crippen LogP contribution is -2.59. The number of amides is 2. The number of rotatable bonds is 5. The van der Waals surface area contributed by atoms with E-state index in [9.17, 15) is 9.59 Å². The molecule has 2 N–H and O–H groups in total. The van der Waals surface area contributed by atoms with Gasteiger partial charge in [0.15, 0.2) is 0 Å². The third-order valence-corrected chi connectivity index (χ3v) is 5.50. The van der Waals surface area contributed by atoms with E-state index in [4.69, 9.17) is 10.5 Å². The molecule has 2 aromatic rings. The van der Waals surface area contributed by atoms with Crippen LogP contribution in [-0.2, 0) is 4.79 Å².